The van der Waals surface area contributed by atoms with Gasteiger partial charge in [0, 0.05) is 6.42 Å². The number of hydrogen-bond acceptors (Lipinski definition) is 1. The molecule has 0 aromatic carbocycles. The molecule has 0 amide bonds. The summed E-state index contributed by atoms with van der Waals surface area (Å²) in [5.74, 6) is 0.510. The Hall–Kier alpha value is 0.0100. The molecule has 52 valence electrons. The highest BCUT2D eigenvalue weighted by molar-refractivity contribution is 14.0. The highest BCUT2D eigenvalue weighted by Gasteiger charge is 1.98. The van der Waals surface area contributed by atoms with Crippen LogP contribution in [0.3, 0.4) is 0 Å². The Kier molecular flexibility index (Phi) is 3.93. The van der Waals surface area contributed by atoms with E-state index in [2.05, 4.69) is 6.92 Å². The predicted octanol–water partition coefficient (Wildman–Crippen LogP) is 2.79. The summed E-state index contributed by atoms with van der Waals surface area (Å²) in [6.07, 6.45) is 5.56. The average molecular weight is 238 g/mol. The third-order valence-electron chi connectivity index (χ3n) is 1.34. The second-order valence-electron chi connectivity index (χ2n) is 2.17. The molecule has 0 saturated carbocycles. The lowest BCUT2D eigenvalue weighted by atomic mass is 10.1. The van der Waals surface area contributed by atoms with E-state index in [1.165, 1.54) is 5.57 Å². The number of allylic oxidation sites excluding steroid dienone is 4. The van der Waals surface area contributed by atoms with Gasteiger partial charge >= 0.3 is 0 Å². The van der Waals surface area contributed by atoms with Gasteiger partial charge in [0.05, 0.1) is 5.76 Å². The van der Waals surface area contributed by atoms with E-state index in [0.29, 0.717) is 5.76 Å². The maximum absolute atomic E-state index is 8.84. The summed E-state index contributed by atoms with van der Waals surface area (Å²) in [5, 5.41) is 8.84. The fourth-order valence-electron chi connectivity index (χ4n) is 0.730. The standard InChI is InChI=1S/C7H10O.HI/c1-6-2-4-7(8)5-3-6;/h2,4,8H,3,5H2,1H3;1H. The largest absolute Gasteiger partial charge is 0.512 e. The second kappa shape index (κ2) is 3.93. The lowest BCUT2D eigenvalue weighted by Gasteiger charge is -2.04. The summed E-state index contributed by atoms with van der Waals surface area (Å²) in [5.41, 5.74) is 1.35. The molecule has 1 N–H and O–H groups in total. The SMILES string of the molecule is CC1=CC=C(O)CC1.I. The van der Waals surface area contributed by atoms with Crippen molar-refractivity contribution in [2.24, 2.45) is 0 Å². The van der Waals surface area contributed by atoms with Crippen molar-refractivity contribution >= 4 is 24.0 Å². The molecule has 1 aliphatic carbocycles. The van der Waals surface area contributed by atoms with E-state index in [0.717, 1.165) is 12.8 Å². The van der Waals surface area contributed by atoms with Gasteiger partial charge in [-0.1, -0.05) is 11.6 Å². The summed E-state index contributed by atoms with van der Waals surface area (Å²) in [6, 6.07) is 0. The fraction of sp³-hybridized carbons (Fsp3) is 0.429. The first-order chi connectivity index (χ1) is 3.79. The zero-order valence-corrected chi connectivity index (χ0v) is 7.75. The molecule has 1 nitrogen and oxygen atoms in total. The lowest BCUT2D eigenvalue weighted by molar-refractivity contribution is 0.386. The maximum atomic E-state index is 8.84. The molecule has 0 aliphatic heterocycles. The monoisotopic (exact) mass is 238 g/mol. The summed E-state index contributed by atoms with van der Waals surface area (Å²) >= 11 is 0. The molecule has 0 fully saturated rings. The number of aliphatic hydroxyl groups is 1. The van der Waals surface area contributed by atoms with E-state index in [4.69, 9.17) is 5.11 Å². The van der Waals surface area contributed by atoms with Gasteiger partial charge in [0.25, 0.3) is 0 Å². The van der Waals surface area contributed by atoms with Crippen molar-refractivity contribution in [3.05, 3.63) is 23.5 Å². The van der Waals surface area contributed by atoms with Gasteiger partial charge in [-0.3, -0.25) is 0 Å². The van der Waals surface area contributed by atoms with Crippen molar-refractivity contribution in [3.8, 4) is 0 Å². The molecule has 0 radical (unpaired) electrons. The quantitative estimate of drug-likeness (QED) is 0.643. The van der Waals surface area contributed by atoms with E-state index < -0.39 is 0 Å². The van der Waals surface area contributed by atoms with Crippen LogP contribution in [0.2, 0.25) is 0 Å². The van der Waals surface area contributed by atoms with Crippen molar-refractivity contribution < 1.29 is 5.11 Å². The molecule has 0 heterocycles. The van der Waals surface area contributed by atoms with Crippen LogP contribution < -0.4 is 0 Å². The first-order valence-corrected chi connectivity index (χ1v) is 2.84. The first-order valence-electron chi connectivity index (χ1n) is 2.84. The molecule has 0 saturated heterocycles. The maximum Gasteiger partial charge on any atom is 0.0925 e. The van der Waals surface area contributed by atoms with Crippen LogP contribution in [0.15, 0.2) is 23.5 Å². The van der Waals surface area contributed by atoms with Crippen molar-refractivity contribution in [1.82, 2.24) is 0 Å². The topological polar surface area (TPSA) is 20.2 Å². The normalized spacial score (nSPS) is 17.4. The van der Waals surface area contributed by atoms with Crippen LogP contribution in [0.25, 0.3) is 0 Å². The van der Waals surface area contributed by atoms with Crippen LogP contribution >= 0.6 is 24.0 Å². The van der Waals surface area contributed by atoms with E-state index in [-0.39, 0.29) is 24.0 Å². The van der Waals surface area contributed by atoms with Crippen LogP contribution in [0.5, 0.6) is 0 Å². The minimum atomic E-state index is 0. The van der Waals surface area contributed by atoms with Crippen molar-refractivity contribution in [3.63, 3.8) is 0 Å². The Morgan fingerprint density at radius 2 is 2.00 bits per heavy atom. The Bertz CT molecular complexity index is 129. The van der Waals surface area contributed by atoms with Gasteiger partial charge in [-0.2, -0.15) is 0 Å². The number of hydrogen-bond donors (Lipinski definition) is 1. The zero-order valence-electron chi connectivity index (χ0n) is 5.42. The van der Waals surface area contributed by atoms with Gasteiger partial charge in [-0.25, -0.2) is 0 Å². The lowest BCUT2D eigenvalue weighted by Crippen LogP contribution is -1.88. The molecular formula is C7H11IO. The summed E-state index contributed by atoms with van der Waals surface area (Å²) < 4.78 is 0. The molecule has 0 atom stereocenters. The molecule has 1 rings (SSSR count). The van der Waals surface area contributed by atoms with Crippen molar-refractivity contribution in [2.45, 2.75) is 19.8 Å². The van der Waals surface area contributed by atoms with Gasteiger partial charge in [0.15, 0.2) is 0 Å². The summed E-state index contributed by atoms with van der Waals surface area (Å²) in [7, 11) is 0. The molecule has 1 aliphatic rings. The van der Waals surface area contributed by atoms with Gasteiger partial charge < -0.3 is 5.11 Å². The zero-order chi connectivity index (χ0) is 5.98. The minimum Gasteiger partial charge on any atom is -0.512 e. The van der Waals surface area contributed by atoms with Crippen LogP contribution in [-0.4, -0.2) is 5.11 Å². The van der Waals surface area contributed by atoms with E-state index in [1.807, 2.05) is 6.08 Å². The third-order valence-corrected chi connectivity index (χ3v) is 1.34. The Balaban J connectivity index is 0.000000640. The number of rotatable bonds is 0. The molecule has 0 aromatic rings. The predicted molar refractivity (Wildman–Crippen MR) is 49.1 cm³/mol. The smallest absolute Gasteiger partial charge is 0.0925 e. The third kappa shape index (κ3) is 2.89. The second-order valence-corrected chi connectivity index (χ2v) is 2.17. The highest BCUT2D eigenvalue weighted by atomic mass is 127. The fourth-order valence-corrected chi connectivity index (χ4v) is 0.730. The molecular weight excluding hydrogens is 227 g/mol. The van der Waals surface area contributed by atoms with Crippen LogP contribution in [-0.2, 0) is 0 Å². The van der Waals surface area contributed by atoms with Gasteiger partial charge in [0.2, 0.25) is 0 Å². The van der Waals surface area contributed by atoms with E-state index in [9.17, 15) is 0 Å². The first kappa shape index (κ1) is 9.01. The molecule has 0 unspecified atom stereocenters. The summed E-state index contributed by atoms with van der Waals surface area (Å²) in [6.45, 7) is 2.07. The molecule has 0 aromatic heterocycles. The molecule has 0 spiro atoms. The van der Waals surface area contributed by atoms with Crippen LogP contribution in [0.1, 0.15) is 19.8 Å². The van der Waals surface area contributed by atoms with E-state index >= 15 is 0 Å². The van der Waals surface area contributed by atoms with Crippen LogP contribution in [0, 0.1) is 0 Å². The highest BCUT2D eigenvalue weighted by Crippen LogP contribution is 2.14. The van der Waals surface area contributed by atoms with Gasteiger partial charge in [-0.15, -0.1) is 24.0 Å². The van der Waals surface area contributed by atoms with Gasteiger partial charge in [-0.05, 0) is 19.4 Å². The molecule has 9 heavy (non-hydrogen) atoms. The Morgan fingerprint density at radius 3 is 2.33 bits per heavy atom. The van der Waals surface area contributed by atoms with E-state index in [1.54, 1.807) is 6.08 Å². The van der Waals surface area contributed by atoms with Crippen molar-refractivity contribution in [1.29, 1.82) is 0 Å². The molecule has 0 bridgehead atoms. The summed E-state index contributed by atoms with van der Waals surface area (Å²) in [4.78, 5) is 0. The van der Waals surface area contributed by atoms with Gasteiger partial charge in [0.1, 0.15) is 0 Å². The average Bonchev–Trinajstić information content (AvgIpc) is 1.77. The van der Waals surface area contributed by atoms with Crippen LogP contribution in [0.4, 0.5) is 0 Å². The minimum absolute atomic E-state index is 0. The molecule has 2 heteroatoms. The number of aliphatic hydroxyl groups excluding tert-OH is 1. The number of halogens is 1. The Morgan fingerprint density at radius 1 is 1.33 bits per heavy atom. The Labute approximate surface area is 72.5 Å². The van der Waals surface area contributed by atoms with Crippen molar-refractivity contribution in [2.75, 3.05) is 0 Å².